The molecule has 0 saturated heterocycles. The van der Waals surface area contributed by atoms with Crippen molar-refractivity contribution in [3.05, 3.63) is 34.9 Å². The first-order chi connectivity index (χ1) is 5.93. The van der Waals surface area contributed by atoms with Crippen molar-refractivity contribution in [3.63, 3.8) is 0 Å². The number of benzene rings is 1. The van der Waals surface area contributed by atoms with Crippen LogP contribution in [0.25, 0.3) is 0 Å². The Hall–Kier alpha value is -0.240. The molecule has 1 aromatic carbocycles. The summed E-state index contributed by atoms with van der Waals surface area (Å²) in [5.74, 6) is 0. The second-order valence-electron chi connectivity index (χ2n) is 3.97. The number of hydrogen-bond donors (Lipinski definition) is 0. The summed E-state index contributed by atoms with van der Waals surface area (Å²) in [4.78, 5) is 0. The minimum Gasteiger partial charge on any atom is -0.312 e. The molecule has 0 heterocycles. The van der Waals surface area contributed by atoms with Gasteiger partial charge in [0.1, 0.15) is 0 Å². The van der Waals surface area contributed by atoms with Gasteiger partial charge in [0.15, 0.2) is 5.50 Å². The van der Waals surface area contributed by atoms with Gasteiger partial charge in [-0.15, -0.1) is 0 Å². The molecule has 3 heteroatoms. The highest BCUT2D eigenvalue weighted by atomic mass is 35.5. The third kappa shape index (κ3) is 2.60. The van der Waals surface area contributed by atoms with Gasteiger partial charge in [-0.25, -0.2) is 0 Å². The monoisotopic (exact) mass is 218 g/mol. The quantitative estimate of drug-likeness (QED) is 0.406. The molecule has 13 heavy (non-hydrogen) atoms. The van der Waals surface area contributed by atoms with Crippen LogP contribution in [0.5, 0.6) is 0 Å². The standard InChI is InChI=1S/C10H14Cl2N/c1-13(2,3)10(12)8-6-4-5-7-9(8)11/h4-7,10H,1-3H3/q+1. The Morgan fingerprint density at radius 2 is 1.69 bits per heavy atom. The smallest absolute Gasteiger partial charge is 0.191 e. The van der Waals surface area contributed by atoms with E-state index in [1.54, 1.807) is 0 Å². The molecule has 72 valence electrons. The van der Waals surface area contributed by atoms with Gasteiger partial charge in [-0.05, 0) is 6.07 Å². The molecule has 0 bridgehead atoms. The molecule has 0 aromatic heterocycles. The van der Waals surface area contributed by atoms with E-state index in [0.717, 1.165) is 10.6 Å². The number of halogens is 2. The third-order valence-electron chi connectivity index (χ3n) is 1.84. The van der Waals surface area contributed by atoms with E-state index in [4.69, 9.17) is 23.2 Å². The van der Waals surface area contributed by atoms with Crippen LogP contribution < -0.4 is 0 Å². The molecular weight excluding hydrogens is 205 g/mol. The summed E-state index contributed by atoms with van der Waals surface area (Å²) in [6.45, 7) is 0. The van der Waals surface area contributed by atoms with Crippen molar-refractivity contribution < 1.29 is 4.48 Å². The highest BCUT2D eigenvalue weighted by molar-refractivity contribution is 6.32. The van der Waals surface area contributed by atoms with Crippen LogP contribution in [0.1, 0.15) is 11.1 Å². The molecule has 0 aliphatic heterocycles. The highest BCUT2D eigenvalue weighted by Gasteiger charge is 2.24. The Morgan fingerprint density at radius 1 is 1.15 bits per heavy atom. The largest absolute Gasteiger partial charge is 0.312 e. The molecule has 0 saturated carbocycles. The van der Waals surface area contributed by atoms with Crippen LogP contribution >= 0.6 is 23.2 Å². The Kier molecular flexibility index (Phi) is 3.23. The second-order valence-corrected chi connectivity index (χ2v) is 4.79. The van der Waals surface area contributed by atoms with Crippen LogP contribution in [0, 0.1) is 0 Å². The molecular formula is C10H14Cl2N+. The molecule has 0 spiro atoms. The average Bonchev–Trinajstić information content (AvgIpc) is 2.02. The predicted molar refractivity (Wildman–Crippen MR) is 58.1 cm³/mol. The van der Waals surface area contributed by atoms with Crippen molar-refractivity contribution in [1.29, 1.82) is 0 Å². The summed E-state index contributed by atoms with van der Waals surface area (Å²) in [6, 6.07) is 7.68. The van der Waals surface area contributed by atoms with Crippen LogP contribution in [-0.2, 0) is 0 Å². The van der Waals surface area contributed by atoms with E-state index in [0.29, 0.717) is 4.48 Å². The first kappa shape index (κ1) is 10.8. The van der Waals surface area contributed by atoms with Gasteiger partial charge in [-0.2, -0.15) is 0 Å². The fourth-order valence-electron chi connectivity index (χ4n) is 1.09. The molecule has 1 atom stereocenters. The summed E-state index contributed by atoms with van der Waals surface area (Å²) >= 11 is 12.3. The summed E-state index contributed by atoms with van der Waals surface area (Å²) in [5.41, 5.74) is 0.882. The van der Waals surface area contributed by atoms with Gasteiger partial charge in [-0.3, -0.25) is 0 Å². The van der Waals surface area contributed by atoms with Gasteiger partial charge in [0.25, 0.3) is 0 Å². The van der Waals surface area contributed by atoms with Crippen molar-refractivity contribution in [3.8, 4) is 0 Å². The zero-order valence-electron chi connectivity index (χ0n) is 8.09. The van der Waals surface area contributed by atoms with Gasteiger partial charge in [0.2, 0.25) is 0 Å². The van der Waals surface area contributed by atoms with Crippen molar-refractivity contribution in [2.75, 3.05) is 21.1 Å². The third-order valence-corrected chi connectivity index (χ3v) is 3.01. The van der Waals surface area contributed by atoms with Crippen LogP contribution in [-0.4, -0.2) is 25.6 Å². The lowest BCUT2D eigenvalue weighted by Gasteiger charge is -2.30. The van der Waals surface area contributed by atoms with Crippen molar-refractivity contribution in [2.24, 2.45) is 0 Å². The Labute approximate surface area is 89.5 Å². The lowest BCUT2D eigenvalue weighted by Crippen LogP contribution is -2.35. The molecule has 0 N–H and O–H groups in total. The van der Waals surface area contributed by atoms with Crippen LogP contribution in [0.2, 0.25) is 5.02 Å². The molecule has 1 unspecified atom stereocenters. The van der Waals surface area contributed by atoms with Gasteiger partial charge < -0.3 is 4.48 Å². The highest BCUT2D eigenvalue weighted by Crippen LogP contribution is 2.32. The van der Waals surface area contributed by atoms with Gasteiger partial charge in [-0.1, -0.05) is 41.4 Å². The number of quaternary nitrogens is 1. The average molecular weight is 219 g/mol. The van der Waals surface area contributed by atoms with Gasteiger partial charge in [0.05, 0.1) is 26.2 Å². The molecule has 1 aromatic rings. The maximum absolute atomic E-state index is 6.28. The zero-order chi connectivity index (χ0) is 10.1. The lowest BCUT2D eigenvalue weighted by atomic mass is 10.2. The van der Waals surface area contributed by atoms with Crippen LogP contribution in [0.4, 0.5) is 0 Å². The van der Waals surface area contributed by atoms with Crippen LogP contribution in [0.3, 0.4) is 0 Å². The fraction of sp³-hybridized carbons (Fsp3) is 0.400. The number of hydrogen-bond acceptors (Lipinski definition) is 0. The molecule has 0 fully saturated rings. The molecule has 0 aliphatic carbocycles. The number of nitrogens with zero attached hydrogens (tertiary/aromatic N) is 1. The normalized spacial score (nSPS) is 14.2. The first-order valence-electron chi connectivity index (χ1n) is 4.12. The second kappa shape index (κ2) is 3.87. The van der Waals surface area contributed by atoms with E-state index in [-0.39, 0.29) is 5.50 Å². The minimum atomic E-state index is -0.103. The molecule has 0 radical (unpaired) electrons. The van der Waals surface area contributed by atoms with Crippen molar-refractivity contribution in [2.45, 2.75) is 5.50 Å². The summed E-state index contributed by atoms with van der Waals surface area (Å²) in [7, 11) is 6.13. The van der Waals surface area contributed by atoms with E-state index in [2.05, 4.69) is 0 Å². The minimum absolute atomic E-state index is 0.103. The van der Waals surface area contributed by atoms with Gasteiger partial charge >= 0.3 is 0 Å². The molecule has 1 nitrogen and oxygen atoms in total. The number of alkyl halides is 1. The zero-order valence-corrected chi connectivity index (χ0v) is 9.60. The summed E-state index contributed by atoms with van der Waals surface area (Å²) < 4.78 is 0.658. The van der Waals surface area contributed by atoms with E-state index in [1.807, 2.05) is 45.4 Å². The van der Waals surface area contributed by atoms with Crippen molar-refractivity contribution >= 4 is 23.2 Å². The summed E-state index contributed by atoms with van der Waals surface area (Å²) in [5, 5.41) is 0.732. The predicted octanol–water partition coefficient (Wildman–Crippen LogP) is 3.28. The maximum atomic E-state index is 6.28. The van der Waals surface area contributed by atoms with Crippen molar-refractivity contribution in [1.82, 2.24) is 0 Å². The lowest BCUT2D eigenvalue weighted by molar-refractivity contribution is -0.888. The molecule has 0 amide bonds. The first-order valence-corrected chi connectivity index (χ1v) is 4.94. The SMILES string of the molecule is C[N+](C)(C)C(Cl)c1ccccc1Cl. The molecule has 1 rings (SSSR count). The Morgan fingerprint density at radius 3 is 2.15 bits per heavy atom. The van der Waals surface area contributed by atoms with Gasteiger partial charge in [0, 0.05) is 5.56 Å². The van der Waals surface area contributed by atoms with Crippen LogP contribution in [0.15, 0.2) is 24.3 Å². The number of rotatable bonds is 2. The summed E-state index contributed by atoms with van der Waals surface area (Å²) in [6.07, 6.45) is 0. The topological polar surface area (TPSA) is 0 Å². The fourth-order valence-corrected chi connectivity index (χ4v) is 1.57. The van der Waals surface area contributed by atoms with E-state index in [1.165, 1.54) is 0 Å². The molecule has 0 aliphatic rings. The van der Waals surface area contributed by atoms with E-state index in [9.17, 15) is 0 Å². The maximum Gasteiger partial charge on any atom is 0.191 e. The Bertz CT molecular complexity index is 291. The van der Waals surface area contributed by atoms with E-state index >= 15 is 0 Å². The van der Waals surface area contributed by atoms with E-state index < -0.39 is 0 Å². The Balaban J connectivity index is 3.02.